The summed E-state index contributed by atoms with van der Waals surface area (Å²) in [5, 5.41) is 9.60. The molecular formula is C21H17Cl2NO4S. The molecule has 0 heterocycles. The van der Waals surface area contributed by atoms with Gasteiger partial charge in [0.25, 0.3) is 10.0 Å². The SMILES string of the molecule is O=C(O)c1ccccc1CCc1ccc(NS(=O)(=O)c2cc(Cl)ccc2Cl)cc1. The first-order chi connectivity index (χ1) is 13.8. The average Bonchev–Trinajstić information content (AvgIpc) is 2.69. The zero-order valence-electron chi connectivity index (χ0n) is 15.1. The highest BCUT2D eigenvalue weighted by Gasteiger charge is 2.18. The van der Waals surface area contributed by atoms with E-state index >= 15 is 0 Å². The van der Waals surface area contributed by atoms with Crippen molar-refractivity contribution in [1.29, 1.82) is 0 Å². The molecule has 0 saturated heterocycles. The lowest BCUT2D eigenvalue weighted by molar-refractivity contribution is 0.0695. The molecule has 3 rings (SSSR count). The van der Waals surface area contributed by atoms with Crippen molar-refractivity contribution in [3.63, 3.8) is 0 Å². The number of benzene rings is 3. The summed E-state index contributed by atoms with van der Waals surface area (Å²) in [6.07, 6.45) is 1.18. The molecule has 3 aromatic carbocycles. The van der Waals surface area contributed by atoms with Crippen molar-refractivity contribution in [3.05, 3.63) is 93.5 Å². The van der Waals surface area contributed by atoms with Crippen molar-refractivity contribution >= 4 is 44.9 Å². The maximum atomic E-state index is 12.6. The van der Waals surface area contributed by atoms with Crippen LogP contribution in [0, 0.1) is 0 Å². The van der Waals surface area contributed by atoms with E-state index in [9.17, 15) is 18.3 Å². The molecule has 0 bridgehead atoms. The first kappa shape index (κ1) is 21.2. The summed E-state index contributed by atoms with van der Waals surface area (Å²) in [5.74, 6) is -0.954. The lowest BCUT2D eigenvalue weighted by Gasteiger charge is -2.11. The molecule has 0 atom stereocenters. The quantitative estimate of drug-likeness (QED) is 0.513. The molecule has 5 nitrogen and oxygen atoms in total. The third kappa shape index (κ3) is 5.29. The fourth-order valence-corrected chi connectivity index (χ4v) is 4.68. The standard InChI is InChI=1S/C21H17Cl2NO4S/c22-16-9-12-19(23)20(13-16)29(27,28)24-17-10-6-14(7-11-17)5-8-15-3-1-2-4-18(15)21(25)26/h1-4,6-7,9-13,24H,5,8H2,(H,25,26). The van der Waals surface area contributed by atoms with Crippen LogP contribution in [0.25, 0.3) is 0 Å². The first-order valence-corrected chi connectivity index (χ1v) is 10.9. The Morgan fingerprint density at radius 3 is 2.31 bits per heavy atom. The molecule has 0 fully saturated rings. The Bertz CT molecular complexity index is 1150. The van der Waals surface area contributed by atoms with Gasteiger partial charge in [-0.1, -0.05) is 53.5 Å². The molecule has 0 aliphatic heterocycles. The van der Waals surface area contributed by atoms with E-state index in [1.165, 1.54) is 18.2 Å². The summed E-state index contributed by atoms with van der Waals surface area (Å²) < 4.78 is 27.6. The van der Waals surface area contributed by atoms with Crippen LogP contribution >= 0.6 is 23.2 Å². The van der Waals surface area contributed by atoms with Crippen molar-refractivity contribution < 1.29 is 18.3 Å². The van der Waals surface area contributed by atoms with E-state index < -0.39 is 16.0 Å². The van der Waals surface area contributed by atoms with Crippen LogP contribution in [-0.4, -0.2) is 19.5 Å². The van der Waals surface area contributed by atoms with E-state index in [-0.39, 0.29) is 20.5 Å². The summed E-state index contributed by atoms with van der Waals surface area (Å²) in [6.45, 7) is 0. The number of hydrogen-bond acceptors (Lipinski definition) is 3. The molecule has 0 saturated carbocycles. The Balaban J connectivity index is 1.71. The van der Waals surface area contributed by atoms with Crippen LogP contribution in [0.2, 0.25) is 10.0 Å². The van der Waals surface area contributed by atoms with Crippen molar-refractivity contribution in [2.45, 2.75) is 17.7 Å². The van der Waals surface area contributed by atoms with Gasteiger partial charge in [0.1, 0.15) is 4.90 Å². The zero-order valence-corrected chi connectivity index (χ0v) is 17.4. The second-order valence-electron chi connectivity index (χ2n) is 6.34. The zero-order chi connectivity index (χ0) is 21.0. The molecule has 0 aliphatic rings. The summed E-state index contributed by atoms with van der Waals surface area (Å²) >= 11 is 11.9. The van der Waals surface area contributed by atoms with Crippen molar-refractivity contribution in [1.82, 2.24) is 0 Å². The lowest BCUT2D eigenvalue weighted by atomic mass is 10.00. The number of aryl methyl sites for hydroxylation is 2. The Morgan fingerprint density at radius 2 is 1.62 bits per heavy atom. The van der Waals surface area contributed by atoms with Crippen LogP contribution in [0.1, 0.15) is 21.5 Å². The molecule has 3 aromatic rings. The second-order valence-corrected chi connectivity index (χ2v) is 8.83. The van der Waals surface area contributed by atoms with Crippen molar-refractivity contribution in [2.24, 2.45) is 0 Å². The smallest absolute Gasteiger partial charge is 0.335 e. The van der Waals surface area contributed by atoms with E-state index in [0.29, 0.717) is 18.5 Å². The number of halogens is 2. The number of carboxylic acids is 1. The molecule has 0 amide bonds. The van der Waals surface area contributed by atoms with Crippen LogP contribution in [0.4, 0.5) is 5.69 Å². The average molecular weight is 450 g/mol. The van der Waals surface area contributed by atoms with Gasteiger partial charge in [-0.15, -0.1) is 0 Å². The minimum atomic E-state index is -3.88. The number of hydrogen-bond donors (Lipinski definition) is 2. The Kier molecular flexibility index (Phi) is 6.47. The Morgan fingerprint density at radius 1 is 0.931 bits per heavy atom. The molecule has 0 aromatic heterocycles. The molecule has 29 heavy (non-hydrogen) atoms. The molecule has 0 unspecified atom stereocenters. The second kappa shape index (κ2) is 8.86. The topological polar surface area (TPSA) is 83.5 Å². The molecule has 8 heteroatoms. The number of rotatable bonds is 7. The molecule has 150 valence electrons. The maximum absolute atomic E-state index is 12.6. The summed E-state index contributed by atoms with van der Waals surface area (Å²) in [4.78, 5) is 11.2. The van der Waals surface area contributed by atoms with Crippen LogP contribution in [0.5, 0.6) is 0 Å². The van der Waals surface area contributed by atoms with Gasteiger partial charge in [0, 0.05) is 10.7 Å². The number of nitrogens with one attached hydrogen (secondary N) is 1. The first-order valence-electron chi connectivity index (χ1n) is 8.64. The number of anilines is 1. The highest BCUT2D eigenvalue weighted by atomic mass is 35.5. The third-order valence-electron chi connectivity index (χ3n) is 4.32. The molecular weight excluding hydrogens is 433 g/mol. The summed E-state index contributed by atoms with van der Waals surface area (Å²) in [6, 6.07) is 18.0. The third-order valence-corrected chi connectivity index (χ3v) is 6.42. The summed E-state index contributed by atoms with van der Waals surface area (Å²) in [7, 11) is -3.88. The number of carbonyl (C=O) groups is 1. The van der Waals surface area contributed by atoms with Gasteiger partial charge in [0.05, 0.1) is 10.6 Å². The minimum absolute atomic E-state index is 0.0793. The van der Waals surface area contributed by atoms with Crippen molar-refractivity contribution in [3.8, 4) is 0 Å². The maximum Gasteiger partial charge on any atom is 0.335 e. The normalized spacial score (nSPS) is 11.2. The predicted molar refractivity (Wildman–Crippen MR) is 115 cm³/mol. The Labute approximate surface area is 179 Å². The molecule has 0 spiro atoms. The van der Waals surface area contributed by atoms with Crippen molar-refractivity contribution in [2.75, 3.05) is 4.72 Å². The van der Waals surface area contributed by atoms with Gasteiger partial charge in [-0.05, 0) is 60.4 Å². The van der Waals surface area contributed by atoms with Gasteiger partial charge in [-0.2, -0.15) is 0 Å². The van der Waals surface area contributed by atoms with E-state index in [0.717, 1.165) is 11.1 Å². The number of aromatic carboxylic acids is 1. The number of carboxylic acid groups (broad SMARTS) is 1. The molecule has 0 radical (unpaired) electrons. The van der Waals surface area contributed by atoms with E-state index in [2.05, 4.69) is 4.72 Å². The van der Waals surface area contributed by atoms with Gasteiger partial charge in [-0.3, -0.25) is 4.72 Å². The highest BCUT2D eigenvalue weighted by Crippen LogP contribution is 2.27. The fourth-order valence-electron chi connectivity index (χ4n) is 2.86. The van der Waals surface area contributed by atoms with E-state index in [1.54, 1.807) is 48.5 Å². The van der Waals surface area contributed by atoms with Gasteiger partial charge in [0.15, 0.2) is 0 Å². The fraction of sp³-hybridized carbons (Fsp3) is 0.0952. The Hall–Kier alpha value is -2.54. The minimum Gasteiger partial charge on any atom is -0.478 e. The summed E-state index contributed by atoms with van der Waals surface area (Å²) in [5.41, 5.74) is 2.38. The van der Waals surface area contributed by atoms with Crippen LogP contribution in [-0.2, 0) is 22.9 Å². The predicted octanol–water partition coefficient (Wildman–Crippen LogP) is 5.28. The lowest BCUT2D eigenvalue weighted by Crippen LogP contribution is -2.13. The van der Waals surface area contributed by atoms with Gasteiger partial charge >= 0.3 is 5.97 Å². The van der Waals surface area contributed by atoms with Gasteiger partial charge in [0.2, 0.25) is 0 Å². The van der Waals surface area contributed by atoms with Crippen LogP contribution in [0.3, 0.4) is 0 Å². The highest BCUT2D eigenvalue weighted by molar-refractivity contribution is 7.92. The monoisotopic (exact) mass is 449 g/mol. The largest absolute Gasteiger partial charge is 0.478 e. The molecule has 0 aliphatic carbocycles. The number of sulfonamides is 1. The van der Waals surface area contributed by atoms with Gasteiger partial charge < -0.3 is 5.11 Å². The van der Waals surface area contributed by atoms with E-state index in [4.69, 9.17) is 23.2 Å². The van der Waals surface area contributed by atoms with Crippen LogP contribution in [0.15, 0.2) is 71.6 Å². The van der Waals surface area contributed by atoms with Gasteiger partial charge in [-0.25, -0.2) is 13.2 Å². The molecule has 2 N–H and O–H groups in total. The van der Waals surface area contributed by atoms with E-state index in [1.807, 2.05) is 0 Å². The van der Waals surface area contributed by atoms with Crippen LogP contribution < -0.4 is 4.72 Å².